The third-order valence-electron chi connectivity index (χ3n) is 5.52. The molecule has 4 aromatic carbocycles. The van der Waals surface area contributed by atoms with Crippen LogP contribution in [0.2, 0.25) is 6.82 Å². The van der Waals surface area contributed by atoms with E-state index in [1.54, 1.807) is 12.1 Å². The number of halogens is 1. The molecule has 4 aromatic rings. The Labute approximate surface area is 192 Å². The van der Waals surface area contributed by atoms with Crippen LogP contribution in [0, 0.1) is 0 Å². The van der Waals surface area contributed by atoms with E-state index in [0.717, 1.165) is 34.0 Å². The Kier molecular flexibility index (Phi) is 6.50. The van der Waals surface area contributed by atoms with Gasteiger partial charge in [-0.3, -0.25) is 4.79 Å². The van der Waals surface area contributed by atoms with Gasteiger partial charge in [0, 0.05) is 10.0 Å². The van der Waals surface area contributed by atoms with Gasteiger partial charge >= 0.3 is 0 Å². The maximum atomic E-state index is 12.8. The second kappa shape index (κ2) is 9.46. The average Bonchev–Trinajstić information content (AvgIpc) is 2.84. The maximum absolute atomic E-state index is 12.8. The predicted molar refractivity (Wildman–Crippen MR) is 133 cm³/mol. The van der Waals surface area contributed by atoms with Gasteiger partial charge in [0.05, 0.1) is 0 Å². The lowest BCUT2D eigenvalue weighted by atomic mass is 9.73. The lowest BCUT2D eigenvalue weighted by molar-refractivity contribution is 0.0747. The third-order valence-corrected chi connectivity index (χ3v) is 6.05. The second-order valence-electron chi connectivity index (χ2n) is 7.52. The number of carbonyl (C=O) groups is 1. The molecule has 0 spiro atoms. The molecule has 0 radical (unpaired) electrons. The standard InChI is InChI=1S/C27H22BBrO2/c1-28-24-14-10-20(11-15-24)18-2-6-22(7-3-18)26(30)27(31)23-8-4-19(5-9-23)21-12-16-25(29)17-13-21/h2-17,26,28,30H,1H3. The van der Waals surface area contributed by atoms with Crippen molar-refractivity contribution >= 4 is 34.5 Å². The quantitative estimate of drug-likeness (QED) is 0.286. The zero-order chi connectivity index (χ0) is 21.8. The molecule has 1 N–H and O–H groups in total. The van der Waals surface area contributed by atoms with Crippen molar-refractivity contribution in [2.45, 2.75) is 12.9 Å². The number of hydrogen-bond donors (Lipinski definition) is 1. The fourth-order valence-electron chi connectivity index (χ4n) is 3.57. The summed E-state index contributed by atoms with van der Waals surface area (Å²) in [6, 6.07) is 31.4. The van der Waals surface area contributed by atoms with E-state index in [9.17, 15) is 9.90 Å². The van der Waals surface area contributed by atoms with E-state index >= 15 is 0 Å². The Morgan fingerprint density at radius 3 is 1.61 bits per heavy atom. The Bertz CT molecular complexity index is 1170. The van der Waals surface area contributed by atoms with Gasteiger partial charge in [-0.1, -0.05) is 113 Å². The summed E-state index contributed by atoms with van der Waals surface area (Å²) >= 11 is 3.44. The number of ketones is 1. The molecule has 1 unspecified atom stereocenters. The van der Waals surface area contributed by atoms with Gasteiger partial charge in [0.1, 0.15) is 6.10 Å². The highest BCUT2D eigenvalue weighted by Crippen LogP contribution is 2.26. The van der Waals surface area contributed by atoms with Crippen LogP contribution in [0.5, 0.6) is 0 Å². The molecule has 2 nitrogen and oxygen atoms in total. The molecule has 1 atom stereocenters. The Hall–Kier alpha value is -2.95. The first-order chi connectivity index (χ1) is 15.0. The number of carbonyl (C=O) groups excluding carboxylic acids is 1. The highest BCUT2D eigenvalue weighted by molar-refractivity contribution is 9.10. The molecule has 0 aromatic heterocycles. The van der Waals surface area contributed by atoms with E-state index in [4.69, 9.17) is 0 Å². The minimum Gasteiger partial charge on any atom is -0.380 e. The van der Waals surface area contributed by atoms with Gasteiger partial charge in [-0.25, -0.2) is 0 Å². The maximum Gasteiger partial charge on any atom is 0.195 e. The van der Waals surface area contributed by atoms with Crippen molar-refractivity contribution in [3.05, 3.63) is 113 Å². The van der Waals surface area contributed by atoms with Crippen molar-refractivity contribution in [2.24, 2.45) is 0 Å². The van der Waals surface area contributed by atoms with Crippen molar-refractivity contribution in [2.75, 3.05) is 0 Å². The molecule has 4 heteroatoms. The summed E-state index contributed by atoms with van der Waals surface area (Å²) in [4.78, 5) is 12.8. The molecule has 0 fully saturated rings. The van der Waals surface area contributed by atoms with Crippen LogP contribution in [-0.2, 0) is 0 Å². The monoisotopic (exact) mass is 468 g/mol. The van der Waals surface area contributed by atoms with Crippen LogP contribution in [0.25, 0.3) is 22.3 Å². The van der Waals surface area contributed by atoms with Crippen molar-refractivity contribution < 1.29 is 9.90 Å². The molecular weight excluding hydrogens is 447 g/mol. The summed E-state index contributed by atoms with van der Waals surface area (Å²) in [5.74, 6) is -0.303. The summed E-state index contributed by atoms with van der Waals surface area (Å²) in [5.41, 5.74) is 6.66. The van der Waals surface area contributed by atoms with E-state index in [0.29, 0.717) is 11.1 Å². The van der Waals surface area contributed by atoms with Crippen molar-refractivity contribution in [3.8, 4) is 22.3 Å². The fraction of sp³-hybridized carbons (Fsp3) is 0.0741. The predicted octanol–water partition coefficient (Wildman–Crippen LogP) is 5.81. The normalized spacial score (nSPS) is 11.7. The van der Waals surface area contributed by atoms with Gasteiger partial charge in [-0.2, -0.15) is 0 Å². The number of benzene rings is 4. The van der Waals surface area contributed by atoms with E-state index < -0.39 is 6.10 Å². The zero-order valence-electron chi connectivity index (χ0n) is 17.3. The molecule has 0 aliphatic rings. The fourth-order valence-corrected chi connectivity index (χ4v) is 3.83. The molecule has 4 rings (SSSR count). The van der Waals surface area contributed by atoms with Crippen LogP contribution in [-0.4, -0.2) is 18.2 Å². The molecule has 152 valence electrons. The van der Waals surface area contributed by atoms with Gasteiger partial charge in [-0.15, -0.1) is 0 Å². The van der Waals surface area contributed by atoms with Gasteiger partial charge < -0.3 is 5.11 Å². The smallest absolute Gasteiger partial charge is 0.195 e. The van der Waals surface area contributed by atoms with Crippen LogP contribution in [0.4, 0.5) is 0 Å². The van der Waals surface area contributed by atoms with Crippen molar-refractivity contribution in [3.63, 3.8) is 0 Å². The summed E-state index contributed by atoms with van der Waals surface area (Å²) in [7, 11) is 1.01. The van der Waals surface area contributed by atoms with Crippen LogP contribution in [0.3, 0.4) is 0 Å². The zero-order valence-corrected chi connectivity index (χ0v) is 18.8. The molecule has 0 saturated heterocycles. The van der Waals surface area contributed by atoms with E-state index in [1.165, 1.54) is 5.46 Å². The molecule has 0 saturated carbocycles. The molecule has 0 amide bonds. The third kappa shape index (κ3) is 4.87. The number of aliphatic hydroxyl groups is 1. The molecule has 0 aliphatic carbocycles. The van der Waals surface area contributed by atoms with Crippen LogP contribution in [0.1, 0.15) is 22.0 Å². The summed E-state index contributed by atoms with van der Waals surface area (Å²) in [5, 5.41) is 10.6. The molecule has 0 bridgehead atoms. The first-order valence-corrected chi connectivity index (χ1v) is 11.1. The minimum absolute atomic E-state index is 0.303. The summed E-state index contributed by atoms with van der Waals surface area (Å²) in [6.45, 7) is 2.14. The lowest BCUT2D eigenvalue weighted by Crippen LogP contribution is -2.12. The molecule has 31 heavy (non-hydrogen) atoms. The Balaban J connectivity index is 1.48. The highest BCUT2D eigenvalue weighted by Gasteiger charge is 2.19. The lowest BCUT2D eigenvalue weighted by Gasteiger charge is -2.12. The number of aliphatic hydroxyl groups excluding tert-OH is 1. The van der Waals surface area contributed by atoms with Crippen LogP contribution in [0.15, 0.2) is 102 Å². The first kappa shape index (κ1) is 21.3. The second-order valence-corrected chi connectivity index (χ2v) is 8.44. The minimum atomic E-state index is -1.19. The van der Waals surface area contributed by atoms with Gasteiger partial charge in [0.15, 0.2) is 13.1 Å². The van der Waals surface area contributed by atoms with Gasteiger partial charge in [0.25, 0.3) is 0 Å². The Morgan fingerprint density at radius 1 is 0.710 bits per heavy atom. The average molecular weight is 469 g/mol. The van der Waals surface area contributed by atoms with Gasteiger partial charge in [0.2, 0.25) is 0 Å². The van der Waals surface area contributed by atoms with Crippen LogP contribution < -0.4 is 5.46 Å². The number of hydrogen-bond acceptors (Lipinski definition) is 2. The first-order valence-electron chi connectivity index (χ1n) is 10.3. The van der Waals surface area contributed by atoms with E-state index in [2.05, 4.69) is 47.0 Å². The Morgan fingerprint density at radius 2 is 1.13 bits per heavy atom. The SMILES string of the molecule is CBc1ccc(-c2ccc(C(O)C(=O)c3ccc(-c4ccc(Br)cc4)cc3)cc2)cc1. The van der Waals surface area contributed by atoms with Gasteiger partial charge in [-0.05, 0) is 39.9 Å². The largest absolute Gasteiger partial charge is 0.380 e. The van der Waals surface area contributed by atoms with E-state index in [1.807, 2.05) is 60.7 Å². The summed E-state index contributed by atoms with van der Waals surface area (Å²) < 4.78 is 1.02. The van der Waals surface area contributed by atoms with E-state index in [-0.39, 0.29) is 5.78 Å². The van der Waals surface area contributed by atoms with Crippen LogP contribution >= 0.6 is 15.9 Å². The molecule has 0 aliphatic heterocycles. The molecular formula is C27H22BBrO2. The number of Topliss-reactive ketones (excluding diaryl/α,β-unsaturated/α-hetero) is 1. The highest BCUT2D eigenvalue weighted by atomic mass is 79.9. The molecule has 0 heterocycles. The van der Waals surface area contributed by atoms with Crippen molar-refractivity contribution in [1.82, 2.24) is 0 Å². The topological polar surface area (TPSA) is 37.3 Å². The van der Waals surface area contributed by atoms with Crippen molar-refractivity contribution in [1.29, 1.82) is 0 Å². The number of rotatable bonds is 6. The summed E-state index contributed by atoms with van der Waals surface area (Å²) in [6.07, 6.45) is -1.19.